The zero-order valence-corrected chi connectivity index (χ0v) is 17.2. The Hall–Kier alpha value is -3.09. The predicted octanol–water partition coefficient (Wildman–Crippen LogP) is 3.51. The van der Waals surface area contributed by atoms with Crippen molar-refractivity contribution in [1.82, 2.24) is 15.2 Å². The molecule has 1 unspecified atom stereocenters. The van der Waals surface area contributed by atoms with E-state index in [0.29, 0.717) is 18.7 Å². The van der Waals surface area contributed by atoms with Gasteiger partial charge >= 0.3 is 6.03 Å². The highest BCUT2D eigenvalue weighted by Crippen LogP contribution is 2.17. The van der Waals surface area contributed by atoms with Crippen molar-refractivity contribution < 1.29 is 9.59 Å². The van der Waals surface area contributed by atoms with Gasteiger partial charge in [0.2, 0.25) is 0 Å². The molecule has 0 fully saturated rings. The standard InChI is InChI=1S/C21H29N5O2/c1-6-26(7-2)21(28)24-18-11-8-16(9-12-18)15(3)23-20(27)17-10-13-19(22-14-17)25(4)5/h8-15H,6-7H2,1-5H3,(H,23,27)(H,24,28). The smallest absolute Gasteiger partial charge is 0.321 e. The highest BCUT2D eigenvalue weighted by molar-refractivity contribution is 5.94. The van der Waals surface area contributed by atoms with Crippen LogP contribution in [0, 0.1) is 0 Å². The molecule has 0 aliphatic rings. The first-order chi connectivity index (χ1) is 13.3. The zero-order valence-electron chi connectivity index (χ0n) is 17.2. The summed E-state index contributed by atoms with van der Waals surface area (Å²) >= 11 is 0. The molecule has 0 saturated carbocycles. The number of urea groups is 1. The van der Waals surface area contributed by atoms with Crippen LogP contribution in [0.2, 0.25) is 0 Å². The van der Waals surface area contributed by atoms with E-state index in [-0.39, 0.29) is 18.0 Å². The first-order valence-electron chi connectivity index (χ1n) is 9.45. The fraction of sp³-hybridized carbons (Fsp3) is 0.381. The maximum atomic E-state index is 12.4. The number of aromatic nitrogens is 1. The van der Waals surface area contributed by atoms with Gasteiger partial charge in [-0.25, -0.2) is 9.78 Å². The maximum absolute atomic E-state index is 12.4. The Kier molecular flexibility index (Phi) is 7.37. The normalized spacial score (nSPS) is 11.5. The predicted molar refractivity (Wildman–Crippen MR) is 113 cm³/mol. The minimum atomic E-state index is -0.177. The van der Waals surface area contributed by atoms with Gasteiger partial charge in [0.15, 0.2) is 0 Å². The van der Waals surface area contributed by atoms with E-state index in [9.17, 15) is 9.59 Å². The number of pyridine rings is 1. The van der Waals surface area contributed by atoms with Crippen molar-refractivity contribution in [3.8, 4) is 0 Å². The van der Waals surface area contributed by atoms with Crippen LogP contribution in [0.1, 0.15) is 42.7 Å². The summed E-state index contributed by atoms with van der Waals surface area (Å²) in [6.45, 7) is 7.13. The molecule has 0 bridgehead atoms. The zero-order chi connectivity index (χ0) is 20.7. The van der Waals surface area contributed by atoms with E-state index < -0.39 is 0 Å². The third-order valence-electron chi connectivity index (χ3n) is 4.53. The molecule has 1 aromatic heterocycles. The summed E-state index contributed by atoms with van der Waals surface area (Å²) in [6, 6.07) is 10.8. The van der Waals surface area contributed by atoms with Crippen LogP contribution in [0.5, 0.6) is 0 Å². The number of rotatable bonds is 7. The van der Waals surface area contributed by atoms with E-state index in [0.717, 1.165) is 17.1 Å². The lowest BCUT2D eigenvalue weighted by molar-refractivity contribution is 0.0939. The van der Waals surface area contributed by atoms with E-state index in [4.69, 9.17) is 0 Å². The minimum absolute atomic E-state index is 0.118. The van der Waals surface area contributed by atoms with Gasteiger partial charge in [0.25, 0.3) is 5.91 Å². The van der Waals surface area contributed by atoms with Crippen molar-refractivity contribution in [2.45, 2.75) is 26.8 Å². The molecule has 7 heteroatoms. The van der Waals surface area contributed by atoms with Crippen LogP contribution in [0.25, 0.3) is 0 Å². The fourth-order valence-electron chi connectivity index (χ4n) is 2.72. The van der Waals surface area contributed by atoms with Gasteiger partial charge < -0.3 is 20.4 Å². The minimum Gasteiger partial charge on any atom is -0.363 e. The first kappa shape index (κ1) is 21.2. The summed E-state index contributed by atoms with van der Waals surface area (Å²) in [5.41, 5.74) is 2.19. The molecule has 7 nitrogen and oxygen atoms in total. The number of amides is 3. The number of carbonyl (C=O) groups is 2. The van der Waals surface area contributed by atoms with Crippen molar-refractivity contribution in [1.29, 1.82) is 0 Å². The summed E-state index contributed by atoms with van der Waals surface area (Å²) in [7, 11) is 3.80. The Morgan fingerprint density at radius 3 is 2.18 bits per heavy atom. The van der Waals surface area contributed by atoms with Crippen molar-refractivity contribution in [2.75, 3.05) is 37.4 Å². The van der Waals surface area contributed by atoms with Gasteiger partial charge in [-0.15, -0.1) is 0 Å². The number of anilines is 2. The Labute approximate surface area is 166 Å². The van der Waals surface area contributed by atoms with Gasteiger partial charge in [0, 0.05) is 39.1 Å². The molecular weight excluding hydrogens is 354 g/mol. The molecule has 150 valence electrons. The Balaban J connectivity index is 1.97. The molecule has 1 aromatic carbocycles. The number of nitrogens with zero attached hydrogens (tertiary/aromatic N) is 3. The van der Waals surface area contributed by atoms with Crippen molar-refractivity contribution >= 4 is 23.4 Å². The topological polar surface area (TPSA) is 77.6 Å². The molecule has 0 saturated heterocycles. The molecule has 0 aliphatic carbocycles. The van der Waals surface area contributed by atoms with Gasteiger partial charge in [-0.05, 0) is 50.6 Å². The number of carbonyl (C=O) groups excluding carboxylic acids is 2. The summed E-state index contributed by atoms with van der Waals surface area (Å²) < 4.78 is 0. The Morgan fingerprint density at radius 2 is 1.68 bits per heavy atom. The lowest BCUT2D eigenvalue weighted by atomic mass is 10.1. The average Bonchev–Trinajstić information content (AvgIpc) is 2.69. The summed E-state index contributed by atoms with van der Waals surface area (Å²) in [6.07, 6.45) is 1.57. The SMILES string of the molecule is CCN(CC)C(=O)Nc1ccc(C(C)NC(=O)c2ccc(N(C)C)nc2)cc1. The Morgan fingerprint density at radius 1 is 1.04 bits per heavy atom. The Bertz CT molecular complexity index is 783. The van der Waals surface area contributed by atoms with Crippen LogP contribution >= 0.6 is 0 Å². The van der Waals surface area contributed by atoms with Crippen molar-refractivity contribution in [3.05, 3.63) is 53.7 Å². The highest BCUT2D eigenvalue weighted by Gasteiger charge is 2.13. The van der Waals surface area contributed by atoms with Crippen LogP contribution in [0.4, 0.5) is 16.3 Å². The second kappa shape index (κ2) is 9.73. The molecule has 1 atom stereocenters. The summed E-state index contributed by atoms with van der Waals surface area (Å²) in [5, 5.41) is 5.85. The maximum Gasteiger partial charge on any atom is 0.321 e. The lowest BCUT2D eigenvalue weighted by Gasteiger charge is -2.20. The van der Waals surface area contributed by atoms with Gasteiger partial charge in [0.1, 0.15) is 5.82 Å². The molecule has 28 heavy (non-hydrogen) atoms. The second-order valence-electron chi connectivity index (χ2n) is 6.72. The monoisotopic (exact) mass is 383 g/mol. The van der Waals surface area contributed by atoms with Gasteiger partial charge in [-0.2, -0.15) is 0 Å². The van der Waals surface area contributed by atoms with Crippen LogP contribution in [-0.4, -0.2) is 49.0 Å². The van der Waals surface area contributed by atoms with Gasteiger partial charge in [-0.3, -0.25) is 4.79 Å². The number of hydrogen-bond donors (Lipinski definition) is 2. The van der Waals surface area contributed by atoms with E-state index >= 15 is 0 Å². The number of nitrogens with one attached hydrogen (secondary N) is 2. The van der Waals surface area contributed by atoms with Crippen LogP contribution in [0.15, 0.2) is 42.6 Å². The van der Waals surface area contributed by atoms with E-state index in [1.807, 2.05) is 70.1 Å². The molecule has 2 N–H and O–H groups in total. The first-order valence-corrected chi connectivity index (χ1v) is 9.45. The van der Waals surface area contributed by atoms with E-state index in [1.54, 1.807) is 17.2 Å². The quantitative estimate of drug-likeness (QED) is 0.767. The lowest BCUT2D eigenvalue weighted by Crippen LogP contribution is -2.34. The largest absolute Gasteiger partial charge is 0.363 e. The summed E-state index contributed by atoms with van der Waals surface area (Å²) in [5.74, 6) is 0.621. The highest BCUT2D eigenvalue weighted by atomic mass is 16.2. The van der Waals surface area contributed by atoms with Crippen LogP contribution in [-0.2, 0) is 0 Å². The van der Waals surface area contributed by atoms with Crippen LogP contribution in [0.3, 0.4) is 0 Å². The molecule has 2 rings (SSSR count). The molecule has 0 radical (unpaired) electrons. The molecule has 1 heterocycles. The van der Waals surface area contributed by atoms with E-state index in [1.165, 1.54) is 0 Å². The number of benzene rings is 1. The summed E-state index contributed by atoms with van der Waals surface area (Å²) in [4.78, 5) is 32.4. The van der Waals surface area contributed by atoms with E-state index in [2.05, 4.69) is 15.6 Å². The molecule has 3 amide bonds. The van der Waals surface area contributed by atoms with Gasteiger partial charge in [-0.1, -0.05) is 12.1 Å². The molecule has 0 spiro atoms. The average molecular weight is 383 g/mol. The molecule has 0 aliphatic heterocycles. The van der Waals surface area contributed by atoms with Crippen LogP contribution < -0.4 is 15.5 Å². The second-order valence-corrected chi connectivity index (χ2v) is 6.72. The number of hydrogen-bond acceptors (Lipinski definition) is 4. The molecule has 2 aromatic rings. The van der Waals surface area contributed by atoms with Gasteiger partial charge in [0.05, 0.1) is 11.6 Å². The fourth-order valence-corrected chi connectivity index (χ4v) is 2.72. The third kappa shape index (κ3) is 5.45. The third-order valence-corrected chi connectivity index (χ3v) is 4.53. The molecular formula is C21H29N5O2. The van der Waals surface area contributed by atoms with Crippen molar-refractivity contribution in [3.63, 3.8) is 0 Å². The van der Waals surface area contributed by atoms with Crippen molar-refractivity contribution in [2.24, 2.45) is 0 Å².